The van der Waals surface area contributed by atoms with Gasteiger partial charge in [0, 0.05) is 29.2 Å². The van der Waals surface area contributed by atoms with Crippen molar-refractivity contribution in [2.75, 3.05) is 36.9 Å². The highest BCUT2D eigenvalue weighted by atomic mass is 35.5. The highest BCUT2D eigenvalue weighted by Gasteiger charge is 2.57. The third-order valence-electron chi connectivity index (χ3n) is 6.42. The number of fused-ring (bicyclic) bond motifs is 2. The molecule has 0 radical (unpaired) electrons. The van der Waals surface area contributed by atoms with Gasteiger partial charge in [0.2, 0.25) is 11.6 Å². The lowest BCUT2D eigenvalue weighted by Gasteiger charge is -2.39. The van der Waals surface area contributed by atoms with Gasteiger partial charge >= 0.3 is 6.03 Å². The van der Waals surface area contributed by atoms with Crippen molar-refractivity contribution in [3.63, 3.8) is 0 Å². The van der Waals surface area contributed by atoms with Crippen molar-refractivity contribution in [3.8, 4) is 0 Å². The first-order valence-electron chi connectivity index (χ1n) is 9.82. The van der Waals surface area contributed by atoms with Crippen molar-refractivity contribution in [2.45, 2.75) is 23.9 Å². The summed E-state index contributed by atoms with van der Waals surface area (Å²) >= 11 is 13.4. The third-order valence-corrected chi connectivity index (χ3v) is 7.68. The van der Waals surface area contributed by atoms with Crippen molar-refractivity contribution in [3.05, 3.63) is 39.3 Å². The van der Waals surface area contributed by atoms with Gasteiger partial charge in [-0.1, -0.05) is 34.5 Å². The van der Waals surface area contributed by atoms with Crippen LogP contribution in [0.25, 0.3) is 0 Å². The minimum atomic E-state index is -0.475. The molecule has 2 aliphatic heterocycles. The first-order valence-corrected chi connectivity index (χ1v) is 11.4. The van der Waals surface area contributed by atoms with Gasteiger partial charge in [0.15, 0.2) is 5.13 Å². The summed E-state index contributed by atoms with van der Waals surface area (Å²) in [4.78, 5) is 45.1. The second kappa shape index (κ2) is 7.53. The lowest BCUT2D eigenvalue weighted by Crippen LogP contribution is -2.69. The fourth-order valence-electron chi connectivity index (χ4n) is 4.95. The number of carbonyl (C=O) groups is 3. The lowest BCUT2D eigenvalue weighted by molar-refractivity contribution is -0.151. The molecule has 3 aliphatic rings. The Morgan fingerprint density at radius 1 is 1.26 bits per heavy atom. The molecule has 2 fully saturated rings. The number of Topliss-reactive ketones (excluding diaryl/α,β-unsaturated/α-hetero) is 2. The number of aromatic nitrogens is 1. The molecule has 3 unspecified atom stereocenters. The smallest absolute Gasteiger partial charge is 0.308 e. The van der Waals surface area contributed by atoms with Crippen LogP contribution in [0.4, 0.5) is 15.6 Å². The third kappa shape index (κ3) is 3.27. The van der Waals surface area contributed by atoms with Gasteiger partial charge in [0.05, 0.1) is 18.3 Å². The molecule has 2 aromatic rings. The number of benzene rings is 1. The summed E-state index contributed by atoms with van der Waals surface area (Å²) in [7, 11) is 1.69. The maximum absolute atomic E-state index is 13.1. The van der Waals surface area contributed by atoms with Crippen molar-refractivity contribution in [1.29, 1.82) is 0 Å². The molecule has 1 aromatic carbocycles. The van der Waals surface area contributed by atoms with Gasteiger partial charge < -0.3 is 5.32 Å². The van der Waals surface area contributed by atoms with Crippen molar-refractivity contribution >= 4 is 63.0 Å². The molecule has 1 spiro atoms. The normalized spacial score (nSPS) is 27.6. The van der Waals surface area contributed by atoms with Crippen LogP contribution >= 0.6 is 34.5 Å². The fourth-order valence-corrected chi connectivity index (χ4v) is 5.92. The van der Waals surface area contributed by atoms with E-state index in [1.165, 1.54) is 17.5 Å². The van der Waals surface area contributed by atoms with Gasteiger partial charge in [0.25, 0.3) is 0 Å². The topological polar surface area (TPSA) is 94.6 Å². The number of amides is 2. The van der Waals surface area contributed by atoms with Crippen LogP contribution in [-0.4, -0.2) is 66.2 Å². The Bertz CT molecular complexity index is 1110. The second-order valence-corrected chi connectivity index (χ2v) is 10.2. The van der Waals surface area contributed by atoms with E-state index in [1.807, 2.05) is 12.1 Å². The van der Waals surface area contributed by atoms with Crippen LogP contribution in [0.1, 0.15) is 12.0 Å². The molecule has 1 aliphatic carbocycles. The number of nitrogens with one attached hydrogen (secondary N) is 2. The minimum absolute atomic E-state index is 0.298. The van der Waals surface area contributed by atoms with E-state index in [0.29, 0.717) is 34.1 Å². The summed E-state index contributed by atoms with van der Waals surface area (Å²) < 4.78 is 0.491. The Labute approximate surface area is 192 Å². The average molecular weight is 480 g/mol. The molecule has 3 atom stereocenters. The zero-order valence-electron chi connectivity index (χ0n) is 16.5. The Morgan fingerprint density at radius 3 is 2.77 bits per heavy atom. The Morgan fingerprint density at radius 2 is 2.06 bits per heavy atom. The number of hydrogen-bond donors (Lipinski definition) is 2. The number of anilines is 2. The Kier molecular flexibility index (Phi) is 5.06. The zero-order valence-corrected chi connectivity index (χ0v) is 18.9. The molecular weight excluding hydrogens is 461 g/mol. The van der Waals surface area contributed by atoms with Crippen LogP contribution in [0.5, 0.6) is 0 Å². The lowest BCUT2D eigenvalue weighted by atomic mass is 9.80. The molecule has 1 aromatic heterocycles. The molecule has 2 N–H and O–H groups in total. The van der Waals surface area contributed by atoms with Crippen LogP contribution in [0.2, 0.25) is 9.36 Å². The van der Waals surface area contributed by atoms with E-state index in [1.54, 1.807) is 18.0 Å². The van der Waals surface area contributed by atoms with Crippen LogP contribution in [0.15, 0.2) is 24.4 Å². The van der Waals surface area contributed by atoms with Crippen molar-refractivity contribution in [1.82, 2.24) is 15.2 Å². The van der Waals surface area contributed by atoms with E-state index in [9.17, 15) is 14.4 Å². The Hall–Kier alpha value is -2.04. The van der Waals surface area contributed by atoms with Gasteiger partial charge in [0.1, 0.15) is 4.34 Å². The maximum Gasteiger partial charge on any atom is 0.328 e. The molecule has 31 heavy (non-hydrogen) atoms. The number of hydrogen-bond acceptors (Lipinski definition) is 7. The summed E-state index contributed by atoms with van der Waals surface area (Å²) in [6, 6.07) is 4.28. The van der Waals surface area contributed by atoms with Gasteiger partial charge in [-0.25, -0.2) is 9.78 Å². The van der Waals surface area contributed by atoms with Gasteiger partial charge in [-0.3, -0.25) is 24.7 Å². The largest absolute Gasteiger partial charge is 0.328 e. The van der Waals surface area contributed by atoms with E-state index in [4.69, 9.17) is 23.2 Å². The number of halogens is 2. The predicted octanol–water partition coefficient (Wildman–Crippen LogP) is 2.55. The number of likely N-dealkylation sites (N-methyl/N-ethyl adjacent to an activating group) is 1. The highest BCUT2D eigenvalue weighted by Crippen LogP contribution is 2.48. The first kappa shape index (κ1) is 20.8. The quantitative estimate of drug-likeness (QED) is 0.656. The molecule has 5 rings (SSSR count). The van der Waals surface area contributed by atoms with Crippen LogP contribution < -0.4 is 15.5 Å². The molecule has 11 heteroatoms. The zero-order chi connectivity index (χ0) is 21.9. The highest BCUT2D eigenvalue weighted by molar-refractivity contribution is 7.19. The summed E-state index contributed by atoms with van der Waals surface area (Å²) in [5, 5.41) is 6.77. The van der Waals surface area contributed by atoms with Crippen LogP contribution in [-0.2, 0) is 15.0 Å². The first-order chi connectivity index (χ1) is 14.8. The van der Waals surface area contributed by atoms with Gasteiger partial charge in [-0.15, -0.1) is 0 Å². The molecule has 3 heterocycles. The monoisotopic (exact) mass is 479 g/mol. The summed E-state index contributed by atoms with van der Waals surface area (Å²) in [6.07, 6.45) is 2.24. The SMILES string of the molecule is CNC1C(=O)C(=O)C1N1CCC2(CN(C(=O)Nc3ncc(Cl)s3)c3ccc(Cl)cc32)C1. The summed E-state index contributed by atoms with van der Waals surface area (Å²) in [5.74, 6) is -0.720. The number of ketones is 2. The second-order valence-electron chi connectivity index (χ2n) is 8.09. The Balaban J connectivity index is 1.43. The summed E-state index contributed by atoms with van der Waals surface area (Å²) in [6.45, 7) is 1.67. The maximum atomic E-state index is 13.1. The van der Waals surface area contributed by atoms with E-state index < -0.39 is 12.1 Å². The van der Waals surface area contributed by atoms with Gasteiger partial charge in [-0.2, -0.15) is 0 Å². The summed E-state index contributed by atoms with van der Waals surface area (Å²) in [5.41, 5.74) is 1.40. The number of carbonyl (C=O) groups excluding carboxylic acids is 3. The fraction of sp³-hybridized carbons (Fsp3) is 0.400. The number of thiazole rings is 1. The molecule has 8 nitrogen and oxygen atoms in total. The van der Waals surface area contributed by atoms with Crippen molar-refractivity contribution < 1.29 is 14.4 Å². The van der Waals surface area contributed by atoms with E-state index in [2.05, 4.69) is 20.5 Å². The van der Waals surface area contributed by atoms with E-state index in [0.717, 1.165) is 17.7 Å². The van der Waals surface area contributed by atoms with E-state index in [-0.39, 0.29) is 23.0 Å². The van der Waals surface area contributed by atoms with Crippen molar-refractivity contribution in [2.24, 2.45) is 0 Å². The number of rotatable bonds is 3. The number of likely N-dealkylation sites (tertiary alicyclic amines) is 1. The van der Waals surface area contributed by atoms with Crippen LogP contribution in [0.3, 0.4) is 0 Å². The molecule has 0 bridgehead atoms. The predicted molar refractivity (Wildman–Crippen MR) is 119 cm³/mol. The van der Waals surface area contributed by atoms with Crippen LogP contribution in [0, 0.1) is 0 Å². The van der Waals surface area contributed by atoms with E-state index >= 15 is 0 Å². The minimum Gasteiger partial charge on any atom is -0.308 e. The molecule has 1 saturated heterocycles. The molecule has 2 amide bonds. The molecule has 162 valence electrons. The molecular formula is C20H19Cl2N5O3S. The number of urea groups is 1. The average Bonchev–Trinajstić information content (AvgIpc) is 3.44. The molecule has 1 saturated carbocycles. The van der Waals surface area contributed by atoms with Gasteiger partial charge in [-0.05, 0) is 43.8 Å². The number of nitrogens with zero attached hydrogens (tertiary/aromatic N) is 3. The standard InChI is InChI=1S/C20H19Cl2N5O3S/c1-23-14-15(17(29)16(14)28)26-5-4-20(8-26)9-27(12-3-2-10(21)6-11(12)20)19(30)25-18-24-7-13(22)31-18/h2-3,6-7,14-15,23H,4-5,8-9H2,1H3,(H,24,25,30).